The highest BCUT2D eigenvalue weighted by Gasteiger charge is 2.32. The fourth-order valence-electron chi connectivity index (χ4n) is 3.55. The second-order valence-electron chi connectivity index (χ2n) is 6.85. The molecule has 1 aromatic rings. The van der Waals surface area contributed by atoms with Crippen molar-refractivity contribution >= 4 is 21.6 Å². The molecule has 9 heteroatoms. The van der Waals surface area contributed by atoms with Gasteiger partial charge < -0.3 is 15.0 Å². The van der Waals surface area contributed by atoms with E-state index in [0.717, 1.165) is 19.4 Å². The van der Waals surface area contributed by atoms with Crippen molar-refractivity contribution in [3.63, 3.8) is 0 Å². The van der Waals surface area contributed by atoms with Gasteiger partial charge in [-0.05, 0) is 33.1 Å². The van der Waals surface area contributed by atoms with Crippen LogP contribution in [0.4, 0.5) is 5.82 Å². The van der Waals surface area contributed by atoms with E-state index in [2.05, 4.69) is 15.3 Å². The number of ether oxygens (including phenoxy) is 1. The van der Waals surface area contributed by atoms with E-state index in [1.165, 1.54) is 0 Å². The zero-order chi connectivity index (χ0) is 18.7. The van der Waals surface area contributed by atoms with Crippen LogP contribution in [0.5, 0.6) is 0 Å². The smallest absolute Gasteiger partial charge is 0.270 e. The lowest BCUT2D eigenvalue weighted by atomic mass is 10.2. The lowest BCUT2D eigenvalue weighted by Gasteiger charge is -2.28. The normalized spacial score (nSPS) is 24.5. The molecule has 2 saturated heterocycles. The van der Waals surface area contributed by atoms with Gasteiger partial charge in [-0.2, -0.15) is 0 Å². The van der Waals surface area contributed by atoms with Crippen molar-refractivity contribution in [2.24, 2.45) is 0 Å². The SMILES string of the molecule is CCN(c1cc(C(=O)NCC2CCCO2)nc(C)n1)C1CCS(=O)(=O)C1. The van der Waals surface area contributed by atoms with Crippen molar-refractivity contribution in [3.8, 4) is 0 Å². The van der Waals surface area contributed by atoms with E-state index < -0.39 is 9.84 Å². The number of nitrogens with one attached hydrogen (secondary N) is 1. The van der Waals surface area contributed by atoms with Crippen LogP contribution in [0.25, 0.3) is 0 Å². The van der Waals surface area contributed by atoms with Crippen LogP contribution in [-0.2, 0) is 14.6 Å². The molecule has 2 aliphatic rings. The van der Waals surface area contributed by atoms with Gasteiger partial charge in [0.2, 0.25) is 0 Å². The summed E-state index contributed by atoms with van der Waals surface area (Å²) in [7, 11) is -2.99. The molecule has 3 rings (SSSR count). The second-order valence-corrected chi connectivity index (χ2v) is 9.08. The van der Waals surface area contributed by atoms with E-state index in [0.29, 0.717) is 36.8 Å². The van der Waals surface area contributed by atoms with Gasteiger partial charge in [0, 0.05) is 31.8 Å². The van der Waals surface area contributed by atoms with E-state index in [1.807, 2.05) is 11.8 Å². The van der Waals surface area contributed by atoms with Crippen LogP contribution < -0.4 is 10.2 Å². The summed E-state index contributed by atoms with van der Waals surface area (Å²) in [5, 5.41) is 2.87. The summed E-state index contributed by atoms with van der Waals surface area (Å²) in [6.45, 7) is 5.52. The number of hydrogen-bond acceptors (Lipinski definition) is 7. The van der Waals surface area contributed by atoms with Gasteiger partial charge in [-0.1, -0.05) is 0 Å². The van der Waals surface area contributed by atoms with Crippen LogP contribution in [0.2, 0.25) is 0 Å². The summed E-state index contributed by atoms with van der Waals surface area (Å²) in [6, 6.07) is 1.54. The molecule has 1 N–H and O–H groups in total. The Bertz CT molecular complexity index is 762. The fraction of sp³-hybridized carbons (Fsp3) is 0.706. The van der Waals surface area contributed by atoms with Crippen LogP contribution >= 0.6 is 0 Å². The van der Waals surface area contributed by atoms with Gasteiger partial charge in [0.15, 0.2) is 9.84 Å². The lowest BCUT2D eigenvalue weighted by Crippen LogP contribution is -2.37. The van der Waals surface area contributed by atoms with Crippen LogP contribution in [-0.4, -0.2) is 67.6 Å². The fourth-order valence-corrected chi connectivity index (χ4v) is 5.28. The minimum absolute atomic E-state index is 0.0668. The molecule has 0 aromatic carbocycles. The summed E-state index contributed by atoms with van der Waals surface area (Å²) in [4.78, 5) is 23.1. The largest absolute Gasteiger partial charge is 0.376 e. The maximum Gasteiger partial charge on any atom is 0.270 e. The predicted molar refractivity (Wildman–Crippen MR) is 98.2 cm³/mol. The Labute approximate surface area is 154 Å². The average Bonchev–Trinajstić information content (AvgIpc) is 3.22. The topological polar surface area (TPSA) is 101 Å². The van der Waals surface area contributed by atoms with Crippen LogP contribution in [0.1, 0.15) is 42.5 Å². The number of carbonyl (C=O) groups excluding carboxylic acids is 1. The molecule has 0 aliphatic carbocycles. The van der Waals surface area contributed by atoms with Crippen molar-refractivity contribution in [1.82, 2.24) is 15.3 Å². The third kappa shape index (κ3) is 4.50. The molecule has 3 heterocycles. The van der Waals surface area contributed by atoms with Crippen LogP contribution in [0, 0.1) is 6.92 Å². The number of nitrogens with zero attached hydrogens (tertiary/aromatic N) is 3. The molecule has 1 amide bonds. The highest BCUT2D eigenvalue weighted by atomic mass is 32.2. The maximum atomic E-state index is 12.5. The number of sulfone groups is 1. The molecular formula is C17H26N4O4S. The Hall–Kier alpha value is -1.74. The third-order valence-electron chi connectivity index (χ3n) is 4.86. The number of anilines is 1. The van der Waals surface area contributed by atoms with Crippen molar-refractivity contribution in [3.05, 3.63) is 17.6 Å². The van der Waals surface area contributed by atoms with Crippen molar-refractivity contribution in [2.75, 3.05) is 36.1 Å². The predicted octanol–water partition coefficient (Wildman–Crippen LogP) is 0.707. The summed E-state index contributed by atoms with van der Waals surface area (Å²) >= 11 is 0. The third-order valence-corrected chi connectivity index (χ3v) is 6.61. The minimum Gasteiger partial charge on any atom is -0.376 e. The summed E-state index contributed by atoms with van der Waals surface area (Å²) < 4.78 is 29.1. The van der Waals surface area contributed by atoms with Gasteiger partial charge in [0.1, 0.15) is 17.3 Å². The first-order valence-corrected chi connectivity index (χ1v) is 10.9. The Morgan fingerprint density at radius 1 is 1.38 bits per heavy atom. The molecule has 2 unspecified atom stereocenters. The zero-order valence-corrected chi connectivity index (χ0v) is 16.1. The first-order chi connectivity index (χ1) is 12.4. The van der Waals surface area contributed by atoms with Crippen molar-refractivity contribution in [1.29, 1.82) is 0 Å². The Balaban J connectivity index is 1.74. The van der Waals surface area contributed by atoms with Gasteiger partial charge >= 0.3 is 0 Å². The molecule has 2 atom stereocenters. The maximum absolute atomic E-state index is 12.5. The number of hydrogen-bond donors (Lipinski definition) is 1. The molecule has 8 nitrogen and oxygen atoms in total. The van der Waals surface area contributed by atoms with E-state index in [9.17, 15) is 13.2 Å². The molecule has 0 radical (unpaired) electrons. The monoisotopic (exact) mass is 382 g/mol. The molecule has 1 aromatic heterocycles. The van der Waals surface area contributed by atoms with Gasteiger partial charge in [-0.15, -0.1) is 0 Å². The van der Waals surface area contributed by atoms with Crippen LogP contribution in [0.3, 0.4) is 0 Å². The number of rotatable bonds is 6. The first kappa shape index (κ1) is 19.0. The van der Waals surface area contributed by atoms with E-state index in [4.69, 9.17) is 4.74 Å². The lowest BCUT2D eigenvalue weighted by molar-refractivity contribution is 0.0853. The van der Waals surface area contributed by atoms with Gasteiger partial charge in [-0.3, -0.25) is 4.79 Å². The molecule has 26 heavy (non-hydrogen) atoms. The van der Waals surface area contributed by atoms with Crippen molar-refractivity contribution < 1.29 is 17.9 Å². The second kappa shape index (κ2) is 7.87. The number of aryl methyl sites for hydroxylation is 1. The van der Waals surface area contributed by atoms with E-state index >= 15 is 0 Å². The Morgan fingerprint density at radius 3 is 2.81 bits per heavy atom. The molecule has 0 bridgehead atoms. The van der Waals surface area contributed by atoms with Gasteiger partial charge in [0.05, 0.1) is 17.6 Å². The average molecular weight is 382 g/mol. The number of amides is 1. The Kier molecular flexibility index (Phi) is 5.76. The van der Waals surface area contributed by atoms with Crippen molar-refractivity contribution in [2.45, 2.75) is 45.3 Å². The molecular weight excluding hydrogens is 356 g/mol. The molecule has 2 aliphatic heterocycles. The highest BCUT2D eigenvalue weighted by Crippen LogP contribution is 2.23. The highest BCUT2D eigenvalue weighted by molar-refractivity contribution is 7.91. The summed E-state index contributed by atoms with van der Waals surface area (Å²) in [5.41, 5.74) is 0.296. The Morgan fingerprint density at radius 2 is 2.19 bits per heavy atom. The van der Waals surface area contributed by atoms with Crippen LogP contribution in [0.15, 0.2) is 6.07 Å². The first-order valence-electron chi connectivity index (χ1n) is 9.10. The number of aromatic nitrogens is 2. The molecule has 144 valence electrons. The minimum atomic E-state index is -2.99. The quantitative estimate of drug-likeness (QED) is 0.773. The summed E-state index contributed by atoms with van der Waals surface area (Å²) in [5.74, 6) is 1.16. The van der Waals surface area contributed by atoms with E-state index in [-0.39, 0.29) is 29.6 Å². The van der Waals surface area contributed by atoms with Gasteiger partial charge in [0.25, 0.3) is 5.91 Å². The number of carbonyl (C=O) groups is 1. The molecule has 0 saturated carbocycles. The molecule has 0 spiro atoms. The molecule has 2 fully saturated rings. The zero-order valence-electron chi connectivity index (χ0n) is 15.3. The summed E-state index contributed by atoms with van der Waals surface area (Å²) in [6.07, 6.45) is 2.62. The van der Waals surface area contributed by atoms with E-state index in [1.54, 1.807) is 13.0 Å². The van der Waals surface area contributed by atoms with Gasteiger partial charge in [-0.25, -0.2) is 18.4 Å². The standard InChI is InChI=1S/C17H26N4O4S/c1-3-21(13-6-8-26(23,24)11-13)16-9-15(19-12(2)20-16)17(22)18-10-14-5-4-7-25-14/h9,13-14H,3-8,10-11H2,1-2H3,(H,18,22).